The Morgan fingerprint density at radius 3 is 2.58 bits per heavy atom. The van der Waals surface area contributed by atoms with Gasteiger partial charge >= 0.3 is 6.36 Å². The van der Waals surface area contributed by atoms with Crippen molar-refractivity contribution in [3.8, 4) is 5.75 Å². The van der Waals surface area contributed by atoms with Gasteiger partial charge in [0.1, 0.15) is 5.75 Å². The first kappa shape index (κ1) is 17.5. The molecule has 1 aromatic carbocycles. The molecule has 2 fully saturated rings. The summed E-state index contributed by atoms with van der Waals surface area (Å²) >= 11 is 0. The van der Waals surface area contributed by atoms with E-state index in [9.17, 15) is 21.6 Å². The number of nitrogens with zero attached hydrogens (tertiary/aromatic N) is 1. The third-order valence-corrected chi connectivity index (χ3v) is 5.98. The molecule has 1 saturated carbocycles. The average molecular weight is 365 g/mol. The zero-order valence-corrected chi connectivity index (χ0v) is 13.6. The van der Waals surface area contributed by atoms with Crippen molar-refractivity contribution in [3.63, 3.8) is 0 Å². The number of halogens is 3. The molecule has 0 N–H and O–H groups in total. The van der Waals surface area contributed by atoms with Gasteiger partial charge in [-0.15, -0.1) is 13.2 Å². The SMILES string of the molecule is O=S(=O)(c1cccc(OC(F)(F)F)c1)N(C[C@H]1CCOC1)C1CC1. The van der Waals surface area contributed by atoms with Gasteiger partial charge in [0, 0.05) is 25.3 Å². The Morgan fingerprint density at radius 1 is 1.25 bits per heavy atom. The second-order valence-corrected chi connectivity index (χ2v) is 7.95. The van der Waals surface area contributed by atoms with Crippen molar-refractivity contribution in [2.24, 2.45) is 5.92 Å². The van der Waals surface area contributed by atoms with Crippen molar-refractivity contribution in [3.05, 3.63) is 24.3 Å². The van der Waals surface area contributed by atoms with E-state index in [1.165, 1.54) is 16.4 Å². The lowest BCUT2D eigenvalue weighted by atomic mass is 10.1. The van der Waals surface area contributed by atoms with E-state index in [1.54, 1.807) is 0 Å². The van der Waals surface area contributed by atoms with Crippen LogP contribution in [0.1, 0.15) is 19.3 Å². The molecule has 24 heavy (non-hydrogen) atoms. The number of ether oxygens (including phenoxy) is 2. The van der Waals surface area contributed by atoms with Crippen LogP contribution in [0.25, 0.3) is 0 Å². The number of benzene rings is 1. The molecule has 1 atom stereocenters. The summed E-state index contributed by atoms with van der Waals surface area (Å²) in [7, 11) is -3.87. The summed E-state index contributed by atoms with van der Waals surface area (Å²) in [6, 6.07) is 4.46. The van der Waals surface area contributed by atoms with Crippen LogP contribution in [0.2, 0.25) is 0 Å². The number of hydrogen-bond acceptors (Lipinski definition) is 4. The van der Waals surface area contributed by atoms with Gasteiger partial charge in [-0.2, -0.15) is 4.31 Å². The van der Waals surface area contributed by atoms with E-state index in [-0.39, 0.29) is 16.9 Å². The fraction of sp³-hybridized carbons (Fsp3) is 0.600. The Kier molecular flexibility index (Phi) is 4.76. The second kappa shape index (κ2) is 6.53. The van der Waals surface area contributed by atoms with E-state index in [1.807, 2.05) is 0 Å². The molecule has 9 heteroatoms. The summed E-state index contributed by atoms with van der Waals surface area (Å²) in [5, 5.41) is 0. The molecule has 0 bridgehead atoms. The number of alkyl halides is 3. The Balaban J connectivity index is 1.83. The molecule has 5 nitrogen and oxygen atoms in total. The maximum Gasteiger partial charge on any atom is 0.573 e. The maximum absolute atomic E-state index is 12.9. The number of sulfonamides is 1. The highest BCUT2D eigenvalue weighted by Crippen LogP contribution is 2.35. The number of rotatable bonds is 6. The summed E-state index contributed by atoms with van der Waals surface area (Å²) in [6.45, 7) is 1.45. The predicted molar refractivity (Wildman–Crippen MR) is 79.0 cm³/mol. The van der Waals surface area contributed by atoms with Crippen LogP contribution >= 0.6 is 0 Å². The topological polar surface area (TPSA) is 55.8 Å². The van der Waals surface area contributed by atoms with Crippen LogP contribution in [-0.4, -0.2) is 44.9 Å². The molecule has 1 aliphatic heterocycles. The average Bonchev–Trinajstić information content (AvgIpc) is 3.19. The summed E-state index contributed by atoms with van der Waals surface area (Å²) in [4.78, 5) is -0.185. The molecule has 3 rings (SSSR count). The van der Waals surface area contributed by atoms with Crippen molar-refractivity contribution in [2.75, 3.05) is 19.8 Å². The molecule has 1 saturated heterocycles. The molecule has 0 spiro atoms. The maximum atomic E-state index is 12.9. The summed E-state index contributed by atoms with van der Waals surface area (Å²) in [5.74, 6) is -0.418. The minimum absolute atomic E-state index is 0.0807. The monoisotopic (exact) mass is 365 g/mol. The van der Waals surface area contributed by atoms with Crippen LogP contribution < -0.4 is 4.74 Å². The first-order valence-electron chi connectivity index (χ1n) is 7.71. The molecular formula is C15H18F3NO4S. The first-order valence-corrected chi connectivity index (χ1v) is 9.15. The minimum atomic E-state index is -4.86. The molecule has 0 amide bonds. The molecule has 1 heterocycles. The normalized spacial score (nSPS) is 22.1. The summed E-state index contributed by atoms with van der Waals surface area (Å²) in [5.41, 5.74) is 0. The summed E-state index contributed by atoms with van der Waals surface area (Å²) in [6.07, 6.45) is -2.53. The van der Waals surface area contributed by atoms with E-state index in [2.05, 4.69) is 4.74 Å². The quantitative estimate of drug-likeness (QED) is 0.778. The fourth-order valence-corrected chi connectivity index (χ4v) is 4.55. The Morgan fingerprint density at radius 2 is 2.00 bits per heavy atom. The van der Waals surface area contributed by atoms with Gasteiger partial charge in [0.15, 0.2) is 0 Å². The predicted octanol–water partition coefficient (Wildman–Crippen LogP) is 2.77. The van der Waals surface area contributed by atoms with E-state index in [0.717, 1.165) is 31.4 Å². The summed E-state index contributed by atoms with van der Waals surface area (Å²) < 4.78 is 73.3. The molecule has 134 valence electrons. The second-order valence-electron chi connectivity index (χ2n) is 6.06. The van der Waals surface area contributed by atoms with Gasteiger partial charge < -0.3 is 9.47 Å². The lowest BCUT2D eigenvalue weighted by Crippen LogP contribution is -2.37. The van der Waals surface area contributed by atoms with Crippen molar-refractivity contribution in [2.45, 2.75) is 36.6 Å². The van der Waals surface area contributed by atoms with Gasteiger partial charge in [-0.05, 0) is 37.3 Å². The van der Waals surface area contributed by atoms with E-state index >= 15 is 0 Å². The third-order valence-electron chi connectivity index (χ3n) is 4.06. The van der Waals surface area contributed by atoms with Gasteiger partial charge in [-0.3, -0.25) is 0 Å². The van der Waals surface area contributed by atoms with Crippen molar-refractivity contribution >= 4 is 10.0 Å². The first-order chi connectivity index (χ1) is 11.3. The van der Waals surface area contributed by atoms with Gasteiger partial charge in [0.05, 0.1) is 11.5 Å². The lowest BCUT2D eigenvalue weighted by Gasteiger charge is -2.24. The zero-order valence-electron chi connectivity index (χ0n) is 12.8. The Bertz CT molecular complexity index is 682. The molecular weight excluding hydrogens is 347 g/mol. The van der Waals surface area contributed by atoms with Crippen LogP contribution in [0.5, 0.6) is 5.75 Å². The van der Waals surface area contributed by atoms with Crippen LogP contribution in [-0.2, 0) is 14.8 Å². The fourth-order valence-electron chi connectivity index (χ4n) is 2.75. The van der Waals surface area contributed by atoms with Gasteiger partial charge in [-0.25, -0.2) is 8.42 Å². The van der Waals surface area contributed by atoms with Crippen LogP contribution in [0.15, 0.2) is 29.2 Å². The highest BCUT2D eigenvalue weighted by molar-refractivity contribution is 7.89. The van der Waals surface area contributed by atoms with Crippen molar-refractivity contribution in [1.29, 1.82) is 0 Å². The largest absolute Gasteiger partial charge is 0.573 e. The standard InChI is InChI=1S/C15H18F3NO4S/c16-15(17,18)23-13-2-1-3-14(8-13)24(20,21)19(12-4-5-12)9-11-6-7-22-10-11/h1-3,8,11-12H,4-7,9-10H2/t11-/m1/s1. The van der Waals surface area contributed by atoms with Crippen molar-refractivity contribution < 1.29 is 31.1 Å². The van der Waals surface area contributed by atoms with Gasteiger partial charge in [0.2, 0.25) is 10.0 Å². The highest BCUT2D eigenvalue weighted by Gasteiger charge is 2.40. The molecule has 1 aliphatic carbocycles. The smallest absolute Gasteiger partial charge is 0.406 e. The zero-order chi connectivity index (χ0) is 17.4. The Hall–Kier alpha value is -1.32. The highest BCUT2D eigenvalue weighted by atomic mass is 32.2. The van der Waals surface area contributed by atoms with Crippen LogP contribution in [0, 0.1) is 5.92 Å². The van der Waals surface area contributed by atoms with Crippen molar-refractivity contribution in [1.82, 2.24) is 4.31 Å². The lowest BCUT2D eigenvalue weighted by molar-refractivity contribution is -0.274. The number of hydrogen-bond donors (Lipinski definition) is 0. The minimum Gasteiger partial charge on any atom is -0.406 e. The molecule has 2 aliphatic rings. The van der Waals surface area contributed by atoms with E-state index < -0.39 is 22.1 Å². The van der Waals surface area contributed by atoms with Crippen LogP contribution in [0.3, 0.4) is 0 Å². The van der Waals surface area contributed by atoms with Gasteiger partial charge in [0.25, 0.3) is 0 Å². The molecule has 1 aromatic rings. The van der Waals surface area contributed by atoms with E-state index in [4.69, 9.17) is 4.74 Å². The van der Waals surface area contributed by atoms with Gasteiger partial charge in [-0.1, -0.05) is 6.07 Å². The van der Waals surface area contributed by atoms with E-state index in [0.29, 0.717) is 19.8 Å². The molecule has 0 radical (unpaired) electrons. The van der Waals surface area contributed by atoms with Crippen LogP contribution in [0.4, 0.5) is 13.2 Å². The Labute approximate surface area is 138 Å². The third kappa shape index (κ3) is 4.20. The molecule has 0 aromatic heterocycles. The molecule has 0 unspecified atom stereocenters.